The number of ether oxygens (including phenoxy) is 1. The smallest absolute Gasteiger partial charge is 0.0668 e. The van der Waals surface area contributed by atoms with Gasteiger partial charge in [-0.1, -0.05) is 11.6 Å². The van der Waals surface area contributed by atoms with Gasteiger partial charge >= 0.3 is 0 Å². The Labute approximate surface area is 88.2 Å². The number of anilines is 2. The Kier molecular flexibility index (Phi) is 2.79. The molecule has 1 saturated heterocycles. The van der Waals surface area contributed by atoms with Gasteiger partial charge in [-0.15, -0.1) is 0 Å². The Morgan fingerprint density at radius 3 is 3.07 bits per heavy atom. The van der Waals surface area contributed by atoms with Gasteiger partial charge in [-0.2, -0.15) is 0 Å². The minimum Gasteiger partial charge on any atom is -0.397 e. The molecule has 0 aliphatic carbocycles. The Balaban J connectivity index is 2.10. The largest absolute Gasteiger partial charge is 0.397 e. The average Bonchev–Trinajstić information content (AvgIpc) is 2.64. The van der Waals surface area contributed by atoms with Crippen molar-refractivity contribution in [2.45, 2.75) is 12.5 Å². The normalized spacial score (nSPS) is 21.1. The third-order valence-electron chi connectivity index (χ3n) is 2.30. The zero-order valence-electron chi connectivity index (χ0n) is 7.79. The van der Waals surface area contributed by atoms with Crippen LogP contribution in [0.4, 0.5) is 11.4 Å². The van der Waals surface area contributed by atoms with Gasteiger partial charge in [-0.25, -0.2) is 0 Å². The van der Waals surface area contributed by atoms with E-state index in [2.05, 4.69) is 5.32 Å². The fourth-order valence-electron chi connectivity index (χ4n) is 1.52. The van der Waals surface area contributed by atoms with E-state index in [0.29, 0.717) is 11.1 Å². The number of halogens is 1. The monoisotopic (exact) mass is 212 g/mol. The zero-order chi connectivity index (χ0) is 9.97. The molecule has 0 aromatic heterocycles. The Morgan fingerprint density at radius 2 is 2.36 bits per heavy atom. The lowest BCUT2D eigenvalue weighted by molar-refractivity contribution is 0.195. The van der Waals surface area contributed by atoms with Gasteiger partial charge in [-0.3, -0.25) is 0 Å². The summed E-state index contributed by atoms with van der Waals surface area (Å²) in [5, 5.41) is 4.01. The molecule has 1 aliphatic heterocycles. The lowest BCUT2D eigenvalue weighted by Crippen LogP contribution is -2.19. The summed E-state index contributed by atoms with van der Waals surface area (Å²) in [6.07, 6.45) is 1.02. The van der Waals surface area contributed by atoms with Crippen LogP contribution in [0, 0.1) is 0 Å². The quantitative estimate of drug-likeness (QED) is 0.739. The molecule has 1 unspecified atom stereocenters. The molecule has 0 bridgehead atoms. The first-order chi connectivity index (χ1) is 6.75. The van der Waals surface area contributed by atoms with Crippen molar-refractivity contribution in [1.29, 1.82) is 0 Å². The summed E-state index contributed by atoms with van der Waals surface area (Å²) in [4.78, 5) is 0. The second-order valence-corrected chi connectivity index (χ2v) is 3.87. The molecule has 1 aromatic rings. The first-order valence-electron chi connectivity index (χ1n) is 4.65. The summed E-state index contributed by atoms with van der Waals surface area (Å²) in [5.41, 5.74) is 7.43. The molecule has 0 saturated carbocycles. The SMILES string of the molecule is Nc1ccc(Cl)cc1NC1CCOC1. The van der Waals surface area contributed by atoms with Crippen molar-refractivity contribution in [3.63, 3.8) is 0 Å². The molecule has 3 N–H and O–H groups in total. The van der Waals surface area contributed by atoms with Gasteiger partial charge in [-0.05, 0) is 24.6 Å². The van der Waals surface area contributed by atoms with Gasteiger partial charge in [0.15, 0.2) is 0 Å². The van der Waals surface area contributed by atoms with Gasteiger partial charge in [0.05, 0.1) is 24.0 Å². The van der Waals surface area contributed by atoms with Gasteiger partial charge in [0.25, 0.3) is 0 Å². The zero-order valence-corrected chi connectivity index (χ0v) is 8.55. The third-order valence-corrected chi connectivity index (χ3v) is 2.54. The topological polar surface area (TPSA) is 47.3 Å². The molecule has 0 radical (unpaired) electrons. The van der Waals surface area contributed by atoms with Crippen molar-refractivity contribution in [3.8, 4) is 0 Å². The highest BCUT2D eigenvalue weighted by Gasteiger charge is 2.15. The van der Waals surface area contributed by atoms with Gasteiger partial charge in [0, 0.05) is 11.6 Å². The summed E-state index contributed by atoms with van der Waals surface area (Å²) in [6.45, 7) is 1.56. The molecule has 14 heavy (non-hydrogen) atoms. The fraction of sp³-hybridized carbons (Fsp3) is 0.400. The summed E-state index contributed by atoms with van der Waals surface area (Å²) < 4.78 is 5.26. The Bertz CT molecular complexity index is 324. The van der Waals surface area contributed by atoms with Crippen LogP contribution in [0.2, 0.25) is 5.02 Å². The average molecular weight is 213 g/mol. The maximum atomic E-state index is 5.88. The summed E-state index contributed by atoms with van der Waals surface area (Å²) >= 11 is 5.88. The molecule has 4 heteroatoms. The van der Waals surface area contributed by atoms with Crippen LogP contribution in [0.15, 0.2) is 18.2 Å². The van der Waals surface area contributed by atoms with Gasteiger partial charge < -0.3 is 15.8 Å². The van der Waals surface area contributed by atoms with E-state index in [9.17, 15) is 0 Å². The van der Waals surface area contributed by atoms with Crippen molar-refractivity contribution in [1.82, 2.24) is 0 Å². The van der Waals surface area contributed by atoms with Crippen molar-refractivity contribution >= 4 is 23.0 Å². The van der Waals surface area contributed by atoms with Gasteiger partial charge in [0.1, 0.15) is 0 Å². The molecule has 3 nitrogen and oxygen atoms in total. The van der Waals surface area contributed by atoms with Crippen LogP contribution in [0.1, 0.15) is 6.42 Å². The number of nitrogens with two attached hydrogens (primary N) is 1. The van der Waals surface area contributed by atoms with Crippen LogP contribution in [0.25, 0.3) is 0 Å². The van der Waals surface area contributed by atoms with Crippen LogP contribution in [-0.2, 0) is 4.74 Å². The summed E-state index contributed by atoms with van der Waals surface area (Å²) in [7, 11) is 0. The summed E-state index contributed by atoms with van der Waals surface area (Å²) in [5.74, 6) is 0. The molecule has 1 heterocycles. The maximum absolute atomic E-state index is 5.88. The molecule has 76 valence electrons. The Morgan fingerprint density at radius 1 is 1.50 bits per heavy atom. The lowest BCUT2D eigenvalue weighted by Gasteiger charge is -2.14. The third kappa shape index (κ3) is 2.11. The predicted octanol–water partition coefficient (Wildman–Crippen LogP) is 2.12. The molecule has 1 aromatic carbocycles. The minimum atomic E-state index is 0.357. The Hall–Kier alpha value is -0.930. The van der Waals surface area contributed by atoms with Crippen molar-refractivity contribution in [2.24, 2.45) is 0 Å². The number of benzene rings is 1. The molecule has 1 atom stereocenters. The number of nitrogens with one attached hydrogen (secondary N) is 1. The maximum Gasteiger partial charge on any atom is 0.0668 e. The van der Waals surface area contributed by atoms with Crippen LogP contribution >= 0.6 is 11.6 Å². The van der Waals surface area contributed by atoms with Crippen LogP contribution < -0.4 is 11.1 Å². The van der Waals surface area contributed by atoms with Crippen LogP contribution in [0.5, 0.6) is 0 Å². The highest BCUT2D eigenvalue weighted by atomic mass is 35.5. The molecule has 1 aliphatic rings. The molecule has 0 spiro atoms. The highest BCUT2D eigenvalue weighted by molar-refractivity contribution is 6.31. The van der Waals surface area contributed by atoms with Crippen molar-refractivity contribution in [2.75, 3.05) is 24.3 Å². The number of hydrogen-bond donors (Lipinski definition) is 2. The molecule has 1 fully saturated rings. The minimum absolute atomic E-state index is 0.357. The number of hydrogen-bond acceptors (Lipinski definition) is 3. The summed E-state index contributed by atoms with van der Waals surface area (Å²) in [6, 6.07) is 5.79. The predicted molar refractivity (Wildman–Crippen MR) is 58.7 cm³/mol. The first-order valence-corrected chi connectivity index (χ1v) is 5.03. The number of nitrogen functional groups attached to an aromatic ring is 1. The molecular weight excluding hydrogens is 200 g/mol. The van der Waals surface area contributed by atoms with Crippen molar-refractivity contribution < 1.29 is 4.74 Å². The lowest BCUT2D eigenvalue weighted by atomic mass is 10.2. The second kappa shape index (κ2) is 4.07. The van der Waals surface area contributed by atoms with Gasteiger partial charge in [0.2, 0.25) is 0 Å². The second-order valence-electron chi connectivity index (χ2n) is 3.44. The van der Waals surface area contributed by atoms with E-state index in [4.69, 9.17) is 22.1 Å². The highest BCUT2D eigenvalue weighted by Crippen LogP contribution is 2.24. The molecule has 0 amide bonds. The van der Waals surface area contributed by atoms with Crippen LogP contribution in [-0.4, -0.2) is 19.3 Å². The standard InChI is InChI=1S/C10H13ClN2O/c11-7-1-2-9(12)10(5-7)13-8-3-4-14-6-8/h1-2,5,8,13H,3-4,6,12H2. The van der Waals surface area contributed by atoms with Crippen LogP contribution in [0.3, 0.4) is 0 Å². The van der Waals surface area contributed by atoms with E-state index >= 15 is 0 Å². The van der Waals surface area contributed by atoms with E-state index in [0.717, 1.165) is 31.0 Å². The number of rotatable bonds is 2. The van der Waals surface area contributed by atoms with E-state index in [1.165, 1.54) is 0 Å². The van der Waals surface area contributed by atoms with E-state index in [1.807, 2.05) is 6.07 Å². The van der Waals surface area contributed by atoms with E-state index in [1.54, 1.807) is 12.1 Å². The van der Waals surface area contributed by atoms with Crippen molar-refractivity contribution in [3.05, 3.63) is 23.2 Å². The first kappa shape index (κ1) is 9.62. The molecule has 2 rings (SSSR count). The fourth-order valence-corrected chi connectivity index (χ4v) is 1.69. The molecular formula is C10H13ClN2O. The van der Waals surface area contributed by atoms with E-state index < -0.39 is 0 Å². The van der Waals surface area contributed by atoms with E-state index in [-0.39, 0.29) is 0 Å².